The third kappa shape index (κ3) is 3.47. The van der Waals surface area contributed by atoms with Crippen LogP contribution in [0.3, 0.4) is 0 Å². The van der Waals surface area contributed by atoms with Crippen LogP contribution < -0.4 is 15.4 Å². The van der Waals surface area contributed by atoms with Crippen molar-refractivity contribution in [1.29, 1.82) is 0 Å². The monoisotopic (exact) mass is 425 g/mol. The molecule has 1 aliphatic heterocycles. The number of aliphatic hydroxyl groups is 1. The number of amides is 3. The maximum absolute atomic E-state index is 12.6. The fourth-order valence-corrected chi connectivity index (χ4v) is 4.07. The number of aromatic nitrogens is 1. The molecule has 1 fully saturated rings. The van der Waals surface area contributed by atoms with Crippen molar-refractivity contribution in [2.45, 2.75) is 25.1 Å². The summed E-state index contributed by atoms with van der Waals surface area (Å²) in [6.07, 6.45) is 1.07. The van der Waals surface area contributed by atoms with E-state index in [4.69, 9.17) is 4.74 Å². The van der Waals surface area contributed by atoms with E-state index in [-0.39, 0.29) is 12.4 Å². The molecule has 0 spiro atoms. The Morgan fingerprint density at radius 2 is 2.10 bits per heavy atom. The first-order valence-electron chi connectivity index (χ1n) is 9.12. The van der Waals surface area contributed by atoms with Crippen LogP contribution in [0.5, 0.6) is 11.6 Å². The summed E-state index contributed by atoms with van der Waals surface area (Å²) < 4.78 is 6.67. The van der Waals surface area contributed by atoms with Crippen molar-refractivity contribution in [1.82, 2.24) is 15.2 Å². The number of thiophene rings is 1. The first-order chi connectivity index (χ1) is 14.3. The predicted octanol–water partition coefficient (Wildman–Crippen LogP) is 2.10. The molecule has 2 aromatic heterocycles. The third-order valence-corrected chi connectivity index (χ3v) is 6.03. The smallest absolute Gasteiger partial charge is 0.323 e. The SMILES string of the molecule is COc1ccc2cn(CC3(C#Cc4ccc(C(C)O)s4)NC(=O)NC3=O)c(O)c2c1. The Kier molecular flexibility index (Phi) is 4.89. The van der Waals surface area contributed by atoms with Gasteiger partial charge in [0.15, 0.2) is 5.88 Å². The highest BCUT2D eigenvalue weighted by molar-refractivity contribution is 7.12. The normalized spacial score (nSPS) is 19.2. The van der Waals surface area contributed by atoms with Crippen molar-refractivity contribution in [2.24, 2.45) is 0 Å². The number of carbonyl (C=O) groups is 2. The van der Waals surface area contributed by atoms with Gasteiger partial charge in [0.1, 0.15) is 5.75 Å². The van der Waals surface area contributed by atoms with Crippen molar-refractivity contribution in [3.8, 4) is 23.5 Å². The minimum absolute atomic E-state index is 0.0634. The molecule has 3 amide bonds. The van der Waals surface area contributed by atoms with Crippen LogP contribution in [0.1, 0.15) is 22.8 Å². The second-order valence-electron chi connectivity index (χ2n) is 6.98. The zero-order chi connectivity index (χ0) is 21.5. The second-order valence-corrected chi connectivity index (χ2v) is 8.09. The average Bonchev–Trinajstić information content (AvgIpc) is 3.38. The van der Waals surface area contributed by atoms with E-state index >= 15 is 0 Å². The second kappa shape index (κ2) is 7.40. The van der Waals surface area contributed by atoms with Gasteiger partial charge in [0.05, 0.1) is 24.6 Å². The van der Waals surface area contributed by atoms with Crippen molar-refractivity contribution in [3.63, 3.8) is 0 Å². The molecule has 0 saturated carbocycles. The summed E-state index contributed by atoms with van der Waals surface area (Å²) in [5, 5.41) is 26.5. The zero-order valence-electron chi connectivity index (χ0n) is 16.2. The standard InChI is InChI=1S/C21H19N3O5S/c1-12(25)17-6-5-15(30-17)7-8-21(19(27)22-20(28)23-21)11-24-10-13-3-4-14(29-2)9-16(13)18(24)26/h3-6,9-10,12,25-26H,11H2,1-2H3,(H2,22,23,27,28). The number of fused-ring (bicyclic) bond motifs is 1. The number of methoxy groups -OCH3 is 1. The topological polar surface area (TPSA) is 113 Å². The lowest BCUT2D eigenvalue weighted by molar-refractivity contribution is -0.122. The van der Waals surface area contributed by atoms with E-state index < -0.39 is 23.6 Å². The van der Waals surface area contributed by atoms with Gasteiger partial charge in [0.2, 0.25) is 5.54 Å². The van der Waals surface area contributed by atoms with Crippen molar-refractivity contribution >= 4 is 34.0 Å². The molecule has 2 atom stereocenters. The number of urea groups is 1. The van der Waals surface area contributed by atoms with E-state index in [0.717, 1.165) is 10.3 Å². The lowest BCUT2D eigenvalue weighted by atomic mass is 10.0. The molecule has 30 heavy (non-hydrogen) atoms. The van der Waals surface area contributed by atoms with Crippen LogP contribution in [0, 0.1) is 11.8 Å². The molecule has 1 aromatic carbocycles. The Balaban J connectivity index is 1.73. The summed E-state index contributed by atoms with van der Waals surface area (Å²) in [5.74, 6) is 5.70. The summed E-state index contributed by atoms with van der Waals surface area (Å²) >= 11 is 1.30. The van der Waals surface area contributed by atoms with Crippen LogP contribution in [0.25, 0.3) is 10.8 Å². The van der Waals surface area contributed by atoms with Crippen LogP contribution in [-0.4, -0.2) is 39.4 Å². The number of hydrogen-bond acceptors (Lipinski definition) is 6. The van der Waals surface area contributed by atoms with Gasteiger partial charge in [-0.2, -0.15) is 0 Å². The molecule has 1 aliphatic rings. The molecule has 4 rings (SSSR count). The minimum atomic E-state index is -1.55. The molecule has 0 aliphatic carbocycles. The molecule has 4 N–H and O–H groups in total. The lowest BCUT2D eigenvalue weighted by Gasteiger charge is -2.20. The average molecular weight is 425 g/mol. The maximum Gasteiger partial charge on any atom is 0.323 e. The van der Waals surface area contributed by atoms with E-state index in [2.05, 4.69) is 22.5 Å². The van der Waals surface area contributed by atoms with Crippen LogP contribution in [0.2, 0.25) is 0 Å². The van der Waals surface area contributed by atoms with Crippen LogP contribution >= 0.6 is 11.3 Å². The lowest BCUT2D eigenvalue weighted by Crippen LogP contribution is -2.49. The molecule has 0 bridgehead atoms. The molecular weight excluding hydrogens is 406 g/mol. The van der Waals surface area contributed by atoms with Crippen LogP contribution in [0.15, 0.2) is 36.5 Å². The largest absolute Gasteiger partial charge is 0.497 e. The molecule has 3 heterocycles. The fraction of sp³-hybridized carbons (Fsp3) is 0.238. The summed E-state index contributed by atoms with van der Waals surface area (Å²) in [4.78, 5) is 25.9. The third-order valence-electron chi connectivity index (χ3n) is 4.86. The first kappa shape index (κ1) is 19.8. The molecule has 0 radical (unpaired) electrons. The highest BCUT2D eigenvalue weighted by Gasteiger charge is 2.46. The molecule has 2 unspecified atom stereocenters. The molecule has 1 saturated heterocycles. The Labute approximate surface area is 176 Å². The summed E-state index contributed by atoms with van der Waals surface area (Å²) in [5.41, 5.74) is -1.55. The Hall–Kier alpha value is -3.48. The first-order valence-corrected chi connectivity index (χ1v) is 9.93. The van der Waals surface area contributed by atoms with E-state index in [1.165, 1.54) is 23.0 Å². The van der Waals surface area contributed by atoms with Crippen molar-refractivity contribution in [2.75, 3.05) is 7.11 Å². The van der Waals surface area contributed by atoms with E-state index in [1.54, 1.807) is 43.5 Å². The van der Waals surface area contributed by atoms with Crippen LogP contribution in [0.4, 0.5) is 4.79 Å². The minimum Gasteiger partial charge on any atom is -0.497 e. The number of benzene rings is 1. The number of ether oxygens (including phenoxy) is 1. The predicted molar refractivity (Wildman–Crippen MR) is 111 cm³/mol. The quantitative estimate of drug-likeness (QED) is 0.378. The van der Waals surface area contributed by atoms with Gasteiger partial charge in [-0.25, -0.2) is 4.79 Å². The number of nitrogens with one attached hydrogen (secondary N) is 2. The highest BCUT2D eigenvalue weighted by Crippen LogP contribution is 2.32. The molecular formula is C21H19N3O5S. The highest BCUT2D eigenvalue weighted by atomic mass is 32.1. The number of aliphatic hydroxyl groups excluding tert-OH is 1. The number of carbonyl (C=O) groups excluding carboxylic acids is 2. The zero-order valence-corrected chi connectivity index (χ0v) is 17.0. The molecule has 3 aromatic rings. The van der Waals surface area contributed by atoms with Gasteiger partial charge in [0.25, 0.3) is 5.91 Å². The Bertz CT molecular complexity index is 1220. The van der Waals surface area contributed by atoms with E-state index in [0.29, 0.717) is 16.0 Å². The molecule has 8 nitrogen and oxygen atoms in total. The Morgan fingerprint density at radius 1 is 1.30 bits per heavy atom. The molecule has 154 valence electrons. The summed E-state index contributed by atoms with van der Waals surface area (Å²) in [6, 6.07) is 8.10. The van der Waals surface area contributed by atoms with E-state index in [9.17, 15) is 19.8 Å². The maximum atomic E-state index is 12.6. The van der Waals surface area contributed by atoms with Crippen molar-refractivity contribution < 1.29 is 24.5 Å². The summed E-state index contributed by atoms with van der Waals surface area (Å²) in [7, 11) is 1.53. The Morgan fingerprint density at radius 3 is 2.73 bits per heavy atom. The van der Waals surface area contributed by atoms with Gasteiger partial charge in [-0.05, 0) is 37.3 Å². The van der Waals surface area contributed by atoms with Crippen LogP contribution in [-0.2, 0) is 11.3 Å². The van der Waals surface area contributed by atoms with Gasteiger partial charge in [-0.1, -0.05) is 11.8 Å². The summed E-state index contributed by atoms with van der Waals surface area (Å²) in [6.45, 7) is 1.57. The number of hydrogen-bond donors (Lipinski definition) is 4. The number of nitrogens with zero attached hydrogens (tertiary/aromatic N) is 1. The van der Waals surface area contributed by atoms with E-state index in [1.807, 2.05) is 0 Å². The molecule has 9 heteroatoms. The fourth-order valence-electron chi connectivity index (χ4n) is 3.27. The van der Waals surface area contributed by atoms with Gasteiger partial charge >= 0.3 is 6.03 Å². The van der Waals surface area contributed by atoms with Gasteiger partial charge in [0, 0.05) is 21.8 Å². The van der Waals surface area contributed by atoms with Gasteiger partial charge in [-0.3, -0.25) is 10.1 Å². The van der Waals surface area contributed by atoms with Crippen molar-refractivity contribution in [3.05, 3.63) is 46.3 Å². The van der Waals surface area contributed by atoms with Gasteiger partial charge < -0.3 is 24.8 Å². The number of rotatable bonds is 4. The number of imide groups is 1. The van der Waals surface area contributed by atoms with Gasteiger partial charge in [-0.15, -0.1) is 11.3 Å². The number of aromatic hydroxyl groups is 1.